The van der Waals surface area contributed by atoms with Crippen molar-refractivity contribution in [2.24, 2.45) is 0 Å². The largest absolute Gasteiger partial charge is 0.375 e. The van der Waals surface area contributed by atoms with Gasteiger partial charge in [0.1, 0.15) is 0 Å². The van der Waals surface area contributed by atoms with Crippen molar-refractivity contribution in [1.82, 2.24) is 5.32 Å². The number of hydrogen-bond acceptors (Lipinski definition) is 4. The number of thiophene rings is 1. The molecule has 90 valence electrons. The zero-order chi connectivity index (χ0) is 11.4. The SMILES string of the molecule is CNC(Cc1cc(Br)cs1)C1CSCCO1. The molecule has 16 heavy (non-hydrogen) atoms. The molecule has 0 radical (unpaired) electrons. The Morgan fingerprint density at radius 3 is 3.12 bits per heavy atom. The van der Waals surface area contributed by atoms with Crippen molar-refractivity contribution >= 4 is 39.0 Å². The molecule has 1 aromatic heterocycles. The number of hydrogen-bond donors (Lipinski definition) is 1. The molecule has 5 heteroatoms. The minimum absolute atomic E-state index is 0.352. The number of halogens is 1. The van der Waals surface area contributed by atoms with Crippen molar-refractivity contribution in [2.75, 3.05) is 25.2 Å². The molecule has 1 aromatic rings. The van der Waals surface area contributed by atoms with Gasteiger partial charge < -0.3 is 10.1 Å². The Kier molecular flexibility index (Phi) is 5.16. The summed E-state index contributed by atoms with van der Waals surface area (Å²) in [6.45, 7) is 0.891. The summed E-state index contributed by atoms with van der Waals surface area (Å²) in [4.78, 5) is 1.41. The van der Waals surface area contributed by atoms with Gasteiger partial charge in [0.2, 0.25) is 0 Å². The minimum Gasteiger partial charge on any atom is -0.375 e. The summed E-state index contributed by atoms with van der Waals surface area (Å²) in [6, 6.07) is 2.63. The van der Waals surface area contributed by atoms with Gasteiger partial charge >= 0.3 is 0 Å². The van der Waals surface area contributed by atoms with Gasteiger partial charge in [0.25, 0.3) is 0 Å². The molecule has 0 saturated carbocycles. The van der Waals surface area contributed by atoms with Gasteiger partial charge in [-0.2, -0.15) is 11.8 Å². The standard InChI is InChI=1S/C11H16BrNOS2/c1-13-10(11-7-15-3-2-14-11)5-9-4-8(12)6-16-9/h4,6,10-11,13H,2-3,5,7H2,1H3. The van der Waals surface area contributed by atoms with Crippen LogP contribution in [0.4, 0.5) is 0 Å². The Morgan fingerprint density at radius 1 is 1.69 bits per heavy atom. The molecule has 0 bridgehead atoms. The first-order valence-electron chi connectivity index (χ1n) is 5.39. The predicted molar refractivity (Wildman–Crippen MR) is 75.6 cm³/mol. The van der Waals surface area contributed by atoms with Crippen LogP contribution in [0.3, 0.4) is 0 Å². The average molecular weight is 322 g/mol. The van der Waals surface area contributed by atoms with Crippen LogP contribution in [0.15, 0.2) is 15.9 Å². The van der Waals surface area contributed by atoms with Crippen LogP contribution in [0.1, 0.15) is 4.88 Å². The monoisotopic (exact) mass is 321 g/mol. The molecular formula is C11H16BrNOS2. The maximum Gasteiger partial charge on any atom is 0.0822 e. The highest BCUT2D eigenvalue weighted by atomic mass is 79.9. The Bertz CT molecular complexity index is 326. The summed E-state index contributed by atoms with van der Waals surface area (Å²) in [7, 11) is 2.02. The third kappa shape index (κ3) is 3.47. The molecule has 2 heterocycles. The van der Waals surface area contributed by atoms with E-state index in [1.54, 1.807) is 0 Å². The van der Waals surface area contributed by atoms with E-state index < -0.39 is 0 Å². The van der Waals surface area contributed by atoms with Crippen molar-refractivity contribution in [1.29, 1.82) is 0 Å². The van der Waals surface area contributed by atoms with Crippen molar-refractivity contribution in [3.63, 3.8) is 0 Å². The number of thioether (sulfide) groups is 1. The minimum atomic E-state index is 0.352. The Balaban J connectivity index is 1.94. The highest BCUT2D eigenvalue weighted by Gasteiger charge is 2.24. The molecule has 2 nitrogen and oxygen atoms in total. The summed E-state index contributed by atoms with van der Waals surface area (Å²) < 4.78 is 7.00. The molecule has 1 aliphatic rings. The molecule has 0 aromatic carbocycles. The molecular weight excluding hydrogens is 306 g/mol. The van der Waals surface area contributed by atoms with Crippen LogP contribution in [-0.2, 0) is 11.2 Å². The molecule has 1 fully saturated rings. The lowest BCUT2D eigenvalue weighted by Crippen LogP contribution is -2.44. The highest BCUT2D eigenvalue weighted by molar-refractivity contribution is 9.10. The summed E-state index contributed by atoms with van der Waals surface area (Å²) >= 11 is 7.29. The van der Waals surface area contributed by atoms with Gasteiger partial charge in [0.05, 0.1) is 12.7 Å². The van der Waals surface area contributed by atoms with Gasteiger partial charge in [-0.25, -0.2) is 0 Å². The quantitative estimate of drug-likeness (QED) is 0.921. The van der Waals surface area contributed by atoms with E-state index in [2.05, 4.69) is 32.7 Å². The molecule has 1 saturated heterocycles. The van der Waals surface area contributed by atoms with Crippen molar-refractivity contribution in [3.05, 3.63) is 20.8 Å². The summed E-state index contributed by atoms with van der Waals surface area (Å²) in [5.74, 6) is 2.25. The van der Waals surface area contributed by atoms with E-state index in [0.29, 0.717) is 12.1 Å². The predicted octanol–water partition coefficient (Wildman–Crippen LogP) is 2.77. The zero-order valence-electron chi connectivity index (χ0n) is 9.24. The van der Waals surface area contributed by atoms with E-state index in [4.69, 9.17) is 4.74 Å². The van der Waals surface area contributed by atoms with Gasteiger partial charge in [0.15, 0.2) is 0 Å². The third-order valence-electron chi connectivity index (χ3n) is 2.70. The number of ether oxygens (including phenoxy) is 1. The van der Waals surface area contributed by atoms with Gasteiger partial charge in [0, 0.05) is 32.3 Å². The lowest BCUT2D eigenvalue weighted by molar-refractivity contribution is 0.0494. The summed E-state index contributed by atoms with van der Waals surface area (Å²) in [6.07, 6.45) is 1.41. The first-order valence-corrected chi connectivity index (χ1v) is 8.22. The van der Waals surface area contributed by atoms with Crippen LogP contribution in [0.5, 0.6) is 0 Å². The van der Waals surface area contributed by atoms with Gasteiger partial charge in [-0.15, -0.1) is 11.3 Å². The van der Waals surface area contributed by atoms with E-state index in [1.807, 2.05) is 30.1 Å². The number of likely N-dealkylation sites (N-methyl/N-ethyl adjacent to an activating group) is 1. The Hall–Kier alpha value is 0.450. The highest BCUT2D eigenvalue weighted by Crippen LogP contribution is 2.23. The lowest BCUT2D eigenvalue weighted by Gasteiger charge is -2.29. The fraction of sp³-hybridized carbons (Fsp3) is 0.636. The molecule has 0 amide bonds. The molecule has 1 aliphatic heterocycles. The van der Waals surface area contributed by atoms with Crippen LogP contribution >= 0.6 is 39.0 Å². The topological polar surface area (TPSA) is 21.3 Å². The molecule has 2 unspecified atom stereocenters. The van der Waals surface area contributed by atoms with E-state index in [1.165, 1.54) is 9.35 Å². The van der Waals surface area contributed by atoms with Crippen LogP contribution < -0.4 is 5.32 Å². The molecule has 0 spiro atoms. The molecule has 0 aliphatic carbocycles. The van der Waals surface area contributed by atoms with Crippen molar-refractivity contribution in [3.8, 4) is 0 Å². The van der Waals surface area contributed by atoms with E-state index in [0.717, 1.165) is 24.5 Å². The van der Waals surface area contributed by atoms with Crippen LogP contribution in [-0.4, -0.2) is 37.3 Å². The van der Waals surface area contributed by atoms with Crippen LogP contribution in [0.25, 0.3) is 0 Å². The maximum atomic E-state index is 5.82. The molecule has 2 atom stereocenters. The van der Waals surface area contributed by atoms with E-state index in [-0.39, 0.29) is 0 Å². The van der Waals surface area contributed by atoms with Crippen molar-refractivity contribution in [2.45, 2.75) is 18.6 Å². The second kappa shape index (κ2) is 6.40. The first kappa shape index (κ1) is 12.9. The average Bonchev–Trinajstić information content (AvgIpc) is 2.73. The summed E-state index contributed by atoms with van der Waals surface area (Å²) in [5.41, 5.74) is 0. The zero-order valence-corrected chi connectivity index (χ0v) is 12.5. The third-order valence-corrected chi connectivity index (χ3v) is 5.44. The molecule has 1 N–H and O–H groups in total. The normalized spacial score (nSPS) is 23.2. The first-order chi connectivity index (χ1) is 7.79. The smallest absolute Gasteiger partial charge is 0.0822 e. The van der Waals surface area contributed by atoms with Gasteiger partial charge in [-0.05, 0) is 35.5 Å². The fourth-order valence-electron chi connectivity index (χ4n) is 1.84. The van der Waals surface area contributed by atoms with Crippen molar-refractivity contribution < 1.29 is 4.74 Å². The number of nitrogens with one attached hydrogen (secondary N) is 1. The lowest BCUT2D eigenvalue weighted by atomic mass is 10.1. The number of rotatable bonds is 4. The van der Waals surface area contributed by atoms with Crippen LogP contribution in [0.2, 0.25) is 0 Å². The second-order valence-electron chi connectivity index (χ2n) is 3.81. The maximum absolute atomic E-state index is 5.82. The van der Waals surface area contributed by atoms with Gasteiger partial charge in [-0.3, -0.25) is 0 Å². The Labute approximate surface area is 113 Å². The van der Waals surface area contributed by atoms with E-state index >= 15 is 0 Å². The second-order valence-corrected chi connectivity index (χ2v) is 6.88. The van der Waals surface area contributed by atoms with E-state index in [9.17, 15) is 0 Å². The van der Waals surface area contributed by atoms with Crippen LogP contribution in [0, 0.1) is 0 Å². The molecule has 2 rings (SSSR count). The Morgan fingerprint density at radius 2 is 2.56 bits per heavy atom. The van der Waals surface area contributed by atoms with Gasteiger partial charge in [-0.1, -0.05) is 0 Å². The fourth-order valence-corrected chi connectivity index (χ4v) is 4.29. The summed E-state index contributed by atoms with van der Waals surface area (Å²) in [5, 5.41) is 5.52.